The summed E-state index contributed by atoms with van der Waals surface area (Å²) in [6.07, 6.45) is -0.595. The third-order valence-electron chi connectivity index (χ3n) is 4.16. The Morgan fingerprint density at radius 2 is 1.80 bits per heavy atom. The molecule has 1 aromatic carbocycles. The van der Waals surface area contributed by atoms with Gasteiger partial charge in [0, 0.05) is 5.56 Å². The van der Waals surface area contributed by atoms with Crippen LogP contribution in [-0.2, 0) is 23.7 Å². The van der Waals surface area contributed by atoms with Crippen LogP contribution >= 0.6 is 0 Å². The van der Waals surface area contributed by atoms with Gasteiger partial charge < -0.3 is 28.8 Å². The molecule has 136 valence electrons. The molecule has 25 heavy (non-hydrogen) atoms. The molecule has 1 aromatic rings. The third kappa shape index (κ3) is 4.17. The first-order valence-electron chi connectivity index (χ1n) is 8.35. The zero-order valence-electron chi connectivity index (χ0n) is 14.0. The van der Waals surface area contributed by atoms with Crippen LogP contribution in [0.5, 0.6) is 0 Å². The van der Waals surface area contributed by atoms with Crippen LogP contribution in [0.25, 0.3) is 0 Å². The monoisotopic (exact) mass is 348 g/mol. The molecule has 0 amide bonds. The third-order valence-corrected chi connectivity index (χ3v) is 4.16. The first-order chi connectivity index (χ1) is 12.2. The Bertz CT molecular complexity index is 562. The van der Waals surface area contributed by atoms with Crippen LogP contribution in [0, 0.1) is 0 Å². The van der Waals surface area contributed by atoms with Crippen LogP contribution in [0.3, 0.4) is 0 Å². The molecule has 0 aromatic heterocycles. The van der Waals surface area contributed by atoms with Gasteiger partial charge in [0.05, 0.1) is 19.8 Å². The van der Waals surface area contributed by atoms with Crippen LogP contribution in [0.1, 0.15) is 11.9 Å². The highest BCUT2D eigenvalue weighted by Gasteiger charge is 2.50. The summed E-state index contributed by atoms with van der Waals surface area (Å²) in [6.45, 7) is 8.14. The molecular weight excluding hydrogens is 324 g/mol. The van der Waals surface area contributed by atoms with E-state index in [9.17, 15) is 5.11 Å². The number of fused-ring (bicyclic) bond motifs is 1. The normalized spacial score (nSPS) is 34.9. The van der Waals surface area contributed by atoms with Gasteiger partial charge in [0.15, 0.2) is 12.6 Å². The van der Waals surface area contributed by atoms with Gasteiger partial charge in [-0.2, -0.15) is 0 Å². The highest BCUT2D eigenvalue weighted by molar-refractivity contribution is 5.16. The number of hydrogen-bond acceptors (Lipinski definition) is 6. The Morgan fingerprint density at radius 1 is 1.08 bits per heavy atom. The fourth-order valence-electron chi connectivity index (χ4n) is 3.01. The topological polar surface area (TPSA) is 66.4 Å². The molecular formula is C19H24O6. The first kappa shape index (κ1) is 18.3. The van der Waals surface area contributed by atoms with E-state index in [0.29, 0.717) is 13.2 Å². The predicted octanol–water partition coefficient (Wildman–Crippen LogP) is 1.96. The van der Waals surface area contributed by atoms with Crippen LogP contribution < -0.4 is 0 Å². The van der Waals surface area contributed by atoms with Gasteiger partial charge in [-0.25, -0.2) is 0 Å². The quantitative estimate of drug-likeness (QED) is 0.760. The van der Waals surface area contributed by atoms with Gasteiger partial charge in [0.1, 0.15) is 24.4 Å². The van der Waals surface area contributed by atoms with Crippen LogP contribution in [0.15, 0.2) is 55.6 Å². The van der Waals surface area contributed by atoms with Gasteiger partial charge in [0.25, 0.3) is 0 Å². The second-order valence-electron chi connectivity index (χ2n) is 5.92. The van der Waals surface area contributed by atoms with Gasteiger partial charge in [-0.05, 0) is 0 Å². The van der Waals surface area contributed by atoms with E-state index < -0.39 is 37.0 Å². The number of aliphatic hydroxyl groups is 1. The van der Waals surface area contributed by atoms with Crippen molar-refractivity contribution in [1.29, 1.82) is 0 Å². The molecule has 6 nitrogen and oxygen atoms in total. The molecule has 0 radical (unpaired) electrons. The average Bonchev–Trinajstić information content (AvgIpc) is 2.66. The first-order valence-corrected chi connectivity index (χ1v) is 8.35. The number of benzene rings is 1. The van der Waals surface area contributed by atoms with E-state index in [1.807, 2.05) is 30.3 Å². The molecule has 6 atom stereocenters. The second kappa shape index (κ2) is 8.71. The van der Waals surface area contributed by atoms with E-state index in [-0.39, 0.29) is 6.61 Å². The van der Waals surface area contributed by atoms with Crippen molar-refractivity contribution in [3.05, 3.63) is 61.2 Å². The van der Waals surface area contributed by atoms with Gasteiger partial charge in [0.2, 0.25) is 0 Å². The van der Waals surface area contributed by atoms with Crippen molar-refractivity contribution < 1.29 is 28.8 Å². The summed E-state index contributed by atoms with van der Waals surface area (Å²) in [5, 5.41) is 10.6. The second-order valence-corrected chi connectivity index (χ2v) is 5.92. The maximum absolute atomic E-state index is 10.6. The Morgan fingerprint density at radius 3 is 2.52 bits per heavy atom. The SMILES string of the molecule is C=CCO[C@@H]1O[C@@H]2CO[C@@H](c3ccccc3)O[C@H]2[C@H](OCC=C)[C@H]1O. The minimum absolute atomic E-state index is 0.266. The van der Waals surface area contributed by atoms with Gasteiger partial charge in [-0.3, -0.25) is 0 Å². The van der Waals surface area contributed by atoms with E-state index in [2.05, 4.69) is 13.2 Å². The summed E-state index contributed by atoms with van der Waals surface area (Å²) in [5.74, 6) is 0. The Balaban J connectivity index is 1.75. The number of hydrogen-bond donors (Lipinski definition) is 1. The van der Waals surface area contributed by atoms with Crippen molar-refractivity contribution >= 4 is 0 Å². The highest BCUT2D eigenvalue weighted by Crippen LogP contribution is 2.35. The van der Waals surface area contributed by atoms with E-state index in [1.165, 1.54) is 0 Å². The van der Waals surface area contributed by atoms with Gasteiger partial charge in [-0.1, -0.05) is 42.5 Å². The molecule has 1 N–H and O–H groups in total. The average molecular weight is 348 g/mol. The summed E-state index contributed by atoms with van der Waals surface area (Å²) < 4.78 is 29.0. The van der Waals surface area contributed by atoms with Gasteiger partial charge >= 0.3 is 0 Å². The molecule has 0 spiro atoms. The van der Waals surface area contributed by atoms with E-state index in [1.54, 1.807) is 12.2 Å². The highest BCUT2D eigenvalue weighted by atomic mass is 16.8. The molecule has 2 aliphatic rings. The number of aliphatic hydroxyl groups excluding tert-OH is 1. The van der Waals surface area contributed by atoms with E-state index in [0.717, 1.165) is 5.56 Å². The molecule has 2 fully saturated rings. The maximum Gasteiger partial charge on any atom is 0.187 e. The summed E-state index contributed by atoms with van der Waals surface area (Å²) in [6, 6.07) is 9.64. The van der Waals surface area contributed by atoms with Crippen LogP contribution in [-0.4, -0.2) is 55.6 Å². The summed E-state index contributed by atoms with van der Waals surface area (Å²) in [7, 11) is 0. The fraction of sp³-hybridized carbons (Fsp3) is 0.474. The van der Waals surface area contributed by atoms with Crippen LogP contribution in [0.2, 0.25) is 0 Å². The number of ether oxygens (including phenoxy) is 5. The summed E-state index contributed by atoms with van der Waals surface area (Å²) in [4.78, 5) is 0. The fourth-order valence-corrected chi connectivity index (χ4v) is 3.01. The zero-order chi connectivity index (χ0) is 17.6. The van der Waals surface area contributed by atoms with Crippen molar-refractivity contribution in [2.75, 3.05) is 19.8 Å². The minimum atomic E-state index is -0.990. The maximum atomic E-state index is 10.6. The van der Waals surface area contributed by atoms with Crippen molar-refractivity contribution in [2.24, 2.45) is 0 Å². The molecule has 2 saturated heterocycles. The molecule has 2 heterocycles. The largest absolute Gasteiger partial charge is 0.385 e. The van der Waals surface area contributed by atoms with Crippen molar-refractivity contribution in [2.45, 2.75) is 37.0 Å². The Kier molecular flexibility index (Phi) is 6.36. The standard InChI is InChI=1S/C19H24O6/c1-3-10-21-17-15(20)19(22-11-4-2)24-14-12-23-18(25-16(14)17)13-8-6-5-7-9-13/h3-9,14-20H,1-2,10-12H2/t14-,15-,16-,17-,18-,19-/m1/s1. The molecule has 2 aliphatic heterocycles. The lowest BCUT2D eigenvalue weighted by atomic mass is 9.97. The molecule has 0 saturated carbocycles. The predicted molar refractivity (Wildman–Crippen MR) is 90.8 cm³/mol. The molecule has 6 heteroatoms. The molecule has 0 unspecified atom stereocenters. The van der Waals surface area contributed by atoms with E-state index in [4.69, 9.17) is 23.7 Å². The van der Waals surface area contributed by atoms with Crippen molar-refractivity contribution in [1.82, 2.24) is 0 Å². The van der Waals surface area contributed by atoms with Gasteiger partial charge in [-0.15, -0.1) is 13.2 Å². The van der Waals surface area contributed by atoms with Crippen molar-refractivity contribution in [3.63, 3.8) is 0 Å². The Hall–Kier alpha value is -1.54. The van der Waals surface area contributed by atoms with E-state index >= 15 is 0 Å². The lowest BCUT2D eigenvalue weighted by Gasteiger charge is -2.47. The van der Waals surface area contributed by atoms with Crippen LogP contribution in [0.4, 0.5) is 0 Å². The molecule has 0 aliphatic carbocycles. The molecule has 3 rings (SSSR count). The Labute approximate surface area is 147 Å². The molecule has 0 bridgehead atoms. The van der Waals surface area contributed by atoms with Crippen molar-refractivity contribution in [3.8, 4) is 0 Å². The number of rotatable bonds is 7. The summed E-state index contributed by atoms with van der Waals surface area (Å²) >= 11 is 0. The summed E-state index contributed by atoms with van der Waals surface area (Å²) in [5.41, 5.74) is 0.906. The zero-order valence-corrected chi connectivity index (χ0v) is 14.0. The smallest absolute Gasteiger partial charge is 0.187 e. The lowest BCUT2D eigenvalue weighted by molar-refractivity contribution is -0.363. The lowest BCUT2D eigenvalue weighted by Crippen LogP contribution is -2.63. The minimum Gasteiger partial charge on any atom is -0.385 e.